The summed E-state index contributed by atoms with van der Waals surface area (Å²) >= 11 is 0. The summed E-state index contributed by atoms with van der Waals surface area (Å²) in [5.74, 6) is 6.80. The molecule has 0 atom stereocenters. The summed E-state index contributed by atoms with van der Waals surface area (Å²) in [5.41, 5.74) is 21.2. The number of anilines is 1. The van der Waals surface area contributed by atoms with Crippen LogP contribution >= 0.6 is 0 Å². The highest BCUT2D eigenvalue weighted by Crippen LogP contribution is 2.47. The van der Waals surface area contributed by atoms with Gasteiger partial charge in [0.1, 0.15) is 0 Å². The quantitative estimate of drug-likeness (QED) is 0.0794. The molecule has 15 rings (SSSR count). The Morgan fingerprint density at radius 2 is 0.849 bits per heavy atom. The zero-order valence-corrected chi connectivity index (χ0v) is 49.6. The molecule has 0 unspecified atom stereocenters. The highest BCUT2D eigenvalue weighted by Gasteiger charge is 2.38. The Hall–Kier alpha value is -10.4. The van der Waals surface area contributed by atoms with Gasteiger partial charge in [-0.15, -0.1) is 0 Å². The van der Waals surface area contributed by atoms with Crippen LogP contribution in [0.5, 0.6) is 0 Å². The molecule has 3 aliphatic rings. The Labute approximate surface area is 499 Å². The number of benzene rings is 9. The molecule has 3 aliphatic heterocycles. The van der Waals surface area contributed by atoms with Gasteiger partial charge in [0.2, 0.25) is 0 Å². The lowest BCUT2D eigenvalue weighted by Gasteiger charge is -2.34. The lowest BCUT2D eigenvalue weighted by Crippen LogP contribution is -2.42. The second kappa shape index (κ2) is 19.3. The molecule has 3 aromatic heterocycles. The first kappa shape index (κ1) is 52.4. The van der Waals surface area contributed by atoms with Gasteiger partial charge in [0.15, 0.2) is 0 Å². The minimum Gasteiger partial charge on any atom is -0.354 e. The monoisotopic (exact) mass is 1110 g/mol. The molecule has 0 saturated carbocycles. The van der Waals surface area contributed by atoms with Crippen molar-refractivity contribution in [1.82, 2.24) is 19.9 Å². The van der Waals surface area contributed by atoms with Gasteiger partial charge in [-0.1, -0.05) is 191 Å². The molecule has 0 aliphatic carbocycles. The maximum Gasteiger partial charge on any atom is 0.265 e. The van der Waals surface area contributed by atoms with Gasteiger partial charge in [-0.2, -0.15) is 0 Å². The van der Waals surface area contributed by atoms with Crippen LogP contribution in [0.2, 0.25) is 0 Å². The number of aryl methyl sites for hydroxylation is 3. The van der Waals surface area contributed by atoms with Crippen molar-refractivity contribution in [2.24, 2.45) is 0 Å². The number of hydrogen-bond donors (Lipinski definition) is 2. The number of aromatic nitrogens is 4. The van der Waals surface area contributed by atoms with Crippen molar-refractivity contribution in [3.63, 3.8) is 0 Å². The van der Waals surface area contributed by atoms with E-state index in [1.54, 1.807) is 0 Å². The molecular formula is C79H61N5O2. The van der Waals surface area contributed by atoms with E-state index in [4.69, 9.17) is 9.97 Å². The number of amides is 2. The van der Waals surface area contributed by atoms with Crippen molar-refractivity contribution in [3.05, 3.63) is 243 Å². The summed E-state index contributed by atoms with van der Waals surface area (Å²) in [5, 5.41) is 7.71. The zero-order chi connectivity index (χ0) is 59.1. The molecule has 0 fully saturated rings. The Morgan fingerprint density at radius 1 is 0.407 bits per heavy atom. The zero-order valence-electron chi connectivity index (χ0n) is 49.6. The summed E-state index contributed by atoms with van der Waals surface area (Å²) in [6.45, 7) is 19.2. The molecule has 12 aromatic rings. The van der Waals surface area contributed by atoms with Gasteiger partial charge in [0.25, 0.3) is 11.8 Å². The third-order valence-corrected chi connectivity index (χ3v) is 17.7. The van der Waals surface area contributed by atoms with E-state index in [1.165, 1.54) is 21.6 Å². The predicted octanol–water partition coefficient (Wildman–Crippen LogP) is 19.4. The first-order valence-corrected chi connectivity index (χ1v) is 29.5. The average Bonchev–Trinajstić information content (AvgIpc) is 1.08. The number of carbonyl (C=O) groups is 2. The second-order valence-electron chi connectivity index (χ2n) is 25.5. The van der Waals surface area contributed by atoms with Gasteiger partial charge in [-0.3, -0.25) is 9.59 Å². The summed E-state index contributed by atoms with van der Waals surface area (Å²) < 4.78 is 0. The Balaban J connectivity index is 0.943. The van der Waals surface area contributed by atoms with Gasteiger partial charge in [-0.05, 0) is 170 Å². The highest BCUT2D eigenvalue weighted by molar-refractivity contribution is 6.42. The molecule has 9 aromatic carbocycles. The first-order valence-electron chi connectivity index (χ1n) is 29.5. The number of hydrogen-bond acceptors (Lipinski definition) is 4. The lowest BCUT2D eigenvalue weighted by molar-refractivity contribution is 0.0893. The topological polar surface area (TPSA) is 94.7 Å². The summed E-state index contributed by atoms with van der Waals surface area (Å²) in [7, 11) is 0. The minimum atomic E-state index is -0.328. The third-order valence-electron chi connectivity index (χ3n) is 17.7. The molecule has 2 N–H and O–H groups in total. The Kier molecular flexibility index (Phi) is 11.8. The van der Waals surface area contributed by atoms with Crippen molar-refractivity contribution in [2.45, 2.75) is 73.1 Å². The Morgan fingerprint density at radius 3 is 1.36 bits per heavy atom. The van der Waals surface area contributed by atoms with Crippen molar-refractivity contribution in [1.29, 1.82) is 0 Å². The number of rotatable bonds is 4. The molecule has 0 saturated heterocycles. The molecule has 7 nitrogen and oxygen atoms in total. The van der Waals surface area contributed by atoms with Gasteiger partial charge in [0, 0.05) is 55.3 Å². The number of H-pyrrole nitrogens is 2. The SMILES string of the molecule is Cc1ccc(-c2c3nc(c(-c4ccc(C)cc4)c4ccc([nH]4)c(-c4ccc(C)cc4)c4nc(c(C#Cc5ccc6c7ccc8c9c(ccc(c%10cccc5c%106)c97)C(=O)N(c5cc(C(C)(C)C)ccc5C(C)(C)C)C8=O)c5ccc2[nH]5)C=C4)C=C3)cc1. The molecule has 8 bridgehead atoms. The summed E-state index contributed by atoms with van der Waals surface area (Å²) in [6, 6.07) is 59.4. The van der Waals surface area contributed by atoms with E-state index >= 15 is 9.59 Å². The fraction of sp³-hybridized carbons (Fsp3) is 0.139. The van der Waals surface area contributed by atoms with Crippen molar-refractivity contribution in [2.75, 3.05) is 4.90 Å². The summed E-state index contributed by atoms with van der Waals surface area (Å²) in [6.07, 6.45) is 8.46. The van der Waals surface area contributed by atoms with Crippen molar-refractivity contribution in [3.8, 4) is 45.2 Å². The van der Waals surface area contributed by atoms with Crippen LogP contribution in [-0.2, 0) is 10.8 Å². The van der Waals surface area contributed by atoms with Crippen LogP contribution in [0, 0.1) is 32.6 Å². The van der Waals surface area contributed by atoms with Crippen LogP contribution in [0.15, 0.2) is 170 Å². The molecule has 0 spiro atoms. The number of imide groups is 1. The largest absolute Gasteiger partial charge is 0.354 e. The van der Waals surface area contributed by atoms with Crippen LogP contribution in [0.4, 0.5) is 5.69 Å². The van der Waals surface area contributed by atoms with E-state index in [1.807, 2.05) is 18.2 Å². The number of nitrogens with zero attached hydrogens (tertiary/aromatic N) is 3. The van der Waals surface area contributed by atoms with E-state index in [2.05, 4.69) is 260 Å². The molecular weight excluding hydrogens is 1050 g/mol. The Bertz CT molecular complexity index is 5120. The minimum absolute atomic E-state index is 0.195. The predicted molar refractivity (Wildman–Crippen MR) is 358 cm³/mol. The standard InChI is InChI=1S/C79H61N5O2/c1-44-13-19-48(20-14-44)70-63-37-35-61(80-63)57(62-36-38-64(81-62)71(49-21-15-45(2)16-22-49)66-40-42-68(83-66)72(67-41-39-65(70)82-67)50-23-17-46(3)18-24-50)29-26-47-25-28-54-56-31-33-59-75-58(32-30-55(74(56)75)53-12-10-11-52(47)73(53)54)76(85)84(77(59)86)69-43-51(78(4,5)6)27-34-60(69)79(7,8)9/h10-25,27-28,30-43,80,83H,1-9H3. The third kappa shape index (κ3) is 8.42. The van der Waals surface area contributed by atoms with E-state index in [-0.39, 0.29) is 22.6 Å². The van der Waals surface area contributed by atoms with E-state index in [9.17, 15) is 0 Å². The maximum absolute atomic E-state index is 15.1. The average molecular weight is 1110 g/mol. The number of carbonyl (C=O) groups excluding carboxylic acids is 2. The first-order chi connectivity index (χ1) is 41.4. The lowest BCUT2D eigenvalue weighted by atomic mass is 9.80. The molecule has 2 amide bonds. The highest BCUT2D eigenvalue weighted by atomic mass is 16.2. The normalized spacial score (nSPS) is 13.2. The van der Waals surface area contributed by atoms with Crippen LogP contribution in [0.1, 0.15) is 124 Å². The number of nitrogens with one attached hydrogen (secondary N) is 2. The maximum atomic E-state index is 15.1. The summed E-state index contributed by atoms with van der Waals surface area (Å²) in [4.78, 5) is 50.3. The fourth-order valence-electron chi connectivity index (χ4n) is 13.2. The molecule has 86 heavy (non-hydrogen) atoms. The van der Waals surface area contributed by atoms with Crippen LogP contribution in [-0.4, -0.2) is 31.8 Å². The number of fused-ring (bicyclic) bond motifs is 10. The van der Waals surface area contributed by atoms with Crippen LogP contribution < -0.4 is 4.90 Å². The van der Waals surface area contributed by atoms with Crippen molar-refractivity contribution < 1.29 is 9.59 Å². The second-order valence-corrected chi connectivity index (χ2v) is 25.5. The van der Waals surface area contributed by atoms with E-state index in [0.717, 1.165) is 138 Å². The molecule has 0 radical (unpaired) electrons. The van der Waals surface area contributed by atoms with E-state index in [0.29, 0.717) is 22.2 Å². The van der Waals surface area contributed by atoms with Gasteiger partial charge >= 0.3 is 0 Å². The smallest absolute Gasteiger partial charge is 0.265 e. The van der Waals surface area contributed by atoms with Gasteiger partial charge in [0.05, 0.1) is 39.5 Å². The van der Waals surface area contributed by atoms with Crippen LogP contribution in [0.3, 0.4) is 0 Å². The van der Waals surface area contributed by atoms with Gasteiger partial charge < -0.3 is 9.97 Å². The van der Waals surface area contributed by atoms with Gasteiger partial charge in [-0.25, -0.2) is 14.9 Å². The fourth-order valence-corrected chi connectivity index (χ4v) is 13.2. The van der Waals surface area contributed by atoms with E-state index < -0.39 is 0 Å². The molecule has 6 heterocycles. The molecule has 414 valence electrons. The van der Waals surface area contributed by atoms with Crippen molar-refractivity contribution >= 4 is 107 Å². The number of aromatic amines is 2. The van der Waals surface area contributed by atoms with Crippen LogP contribution in [0.25, 0.3) is 123 Å². The molecule has 7 heteroatoms.